The quantitative estimate of drug-likeness (QED) is 0.591. The molecule has 0 radical (unpaired) electrons. The molecular formula is C13H21N3O2. The fourth-order valence-electron chi connectivity index (χ4n) is 1.58. The number of para-hydroxylation sites is 1. The summed E-state index contributed by atoms with van der Waals surface area (Å²) in [5.74, 6) is -0.381. The molecule has 18 heavy (non-hydrogen) atoms. The Labute approximate surface area is 108 Å². The van der Waals surface area contributed by atoms with Crippen molar-refractivity contribution in [1.82, 2.24) is 4.90 Å². The van der Waals surface area contributed by atoms with Crippen molar-refractivity contribution in [1.29, 1.82) is 0 Å². The van der Waals surface area contributed by atoms with Gasteiger partial charge in [-0.1, -0.05) is 13.0 Å². The number of nitrogen functional groups attached to an aromatic ring is 1. The second-order valence-electron chi connectivity index (χ2n) is 4.08. The van der Waals surface area contributed by atoms with E-state index < -0.39 is 0 Å². The molecular weight excluding hydrogens is 230 g/mol. The third-order valence-electron chi connectivity index (χ3n) is 2.84. The molecule has 0 bridgehead atoms. The number of hydrogen-bond acceptors (Lipinski definition) is 5. The summed E-state index contributed by atoms with van der Waals surface area (Å²) in [5, 5.41) is 3.19. The van der Waals surface area contributed by atoms with Crippen LogP contribution >= 0.6 is 0 Å². The topological polar surface area (TPSA) is 67.6 Å². The van der Waals surface area contributed by atoms with Gasteiger partial charge in [0.2, 0.25) is 0 Å². The first kappa shape index (κ1) is 14.3. The highest BCUT2D eigenvalue weighted by Gasteiger charge is 2.13. The summed E-state index contributed by atoms with van der Waals surface area (Å²) in [6.07, 6.45) is 0. The summed E-state index contributed by atoms with van der Waals surface area (Å²) in [6, 6.07) is 5.21. The zero-order chi connectivity index (χ0) is 13.5. The van der Waals surface area contributed by atoms with Crippen molar-refractivity contribution in [3.8, 4) is 0 Å². The lowest BCUT2D eigenvalue weighted by Gasteiger charge is -2.17. The van der Waals surface area contributed by atoms with Crippen molar-refractivity contribution >= 4 is 17.3 Å². The molecule has 1 aromatic carbocycles. The molecule has 0 aliphatic heterocycles. The van der Waals surface area contributed by atoms with Gasteiger partial charge in [0.1, 0.15) is 0 Å². The van der Waals surface area contributed by atoms with Gasteiger partial charge in [-0.05, 0) is 25.7 Å². The molecule has 5 heteroatoms. The number of ether oxygens (including phenoxy) is 1. The van der Waals surface area contributed by atoms with Gasteiger partial charge in [0.05, 0.1) is 24.0 Å². The highest BCUT2D eigenvalue weighted by atomic mass is 16.5. The summed E-state index contributed by atoms with van der Waals surface area (Å²) < 4.78 is 4.74. The lowest BCUT2D eigenvalue weighted by Crippen LogP contribution is -2.25. The number of likely N-dealkylation sites (N-methyl/N-ethyl adjacent to an activating group) is 1. The third-order valence-corrected chi connectivity index (χ3v) is 2.84. The molecule has 0 aromatic heterocycles. The van der Waals surface area contributed by atoms with Crippen molar-refractivity contribution in [2.45, 2.75) is 6.92 Å². The standard InChI is InChI=1S/C13H21N3O2/c1-4-16(2)9-8-15-12-10(13(17)18-3)6-5-7-11(12)14/h5-7,15H,4,8-9,14H2,1-3H3. The molecule has 1 aromatic rings. The number of hydrogen-bond donors (Lipinski definition) is 2. The van der Waals surface area contributed by atoms with Gasteiger partial charge in [-0.25, -0.2) is 4.79 Å². The van der Waals surface area contributed by atoms with Crippen LogP contribution in [0.3, 0.4) is 0 Å². The summed E-state index contributed by atoms with van der Waals surface area (Å²) in [5.41, 5.74) is 7.55. The molecule has 0 unspecified atom stereocenters. The summed E-state index contributed by atoms with van der Waals surface area (Å²) in [7, 11) is 3.40. The van der Waals surface area contributed by atoms with E-state index in [-0.39, 0.29) is 5.97 Å². The van der Waals surface area contributed by atoms with Crippen LogP contribution in [0.15, 0.2) is 18.2 Å². The lowest BCUT2D eigenvalue weighted by molar-refractivity contribution is 0.0602. The van der Waals surface area contributed by atoms with E-state index in [0.29, 0.717) is 16.9 Å². The van der Waals surface area contributed by atoms with Crippen molar-refractivity contribution in [3.63, 3.8) is 0 Å². The van der Waals surface area contributed by atoms with Crippen LogP contribution in [0.5, 0.6) is 0 Å². The predicted octanol–water partition coefficient (Wildman–Crippen LogP) is 1.42. The molecule has 3 N–H and O–H groups in total. The smallest absolute Gasteiger partial charge is 0.340 e. The second-order valence-corrected chi connectivity index (χ2v) is 4.08. The van der Waals surface area contributed by atoms with E-state index in [4.69, 9.17) is 10.5 Å². The monoisotopic (exact) mass is 251 g/mol. The van der Waals surface area contributed by atoms with Gasteiger partial charge in [0, 0.05) is 13.1 Å². The number of nitrogens with one attached hydrogen (secondary N) is 1. The number of anilines is 2. The van der Waals surface area contributed by atoms with Crippen LogP contribution in [-0.2, 0) is 4.74 Å². The van der Waals surface area contributed by atoms with E-state index in [9.17, 15) is 4.79 Å². The Bertz CT molecular complexity index is 407. The van der Waals surface area contributed by atoms with E-state index in [1.165, 1.54) is 7.11 Å². The predicted molar refractivity (Wildman–Crippen MR) is 73.9 cm³/mol. The number of rotatable bonds is 6. The molecule has 0 atom stereocenters. The Morgan fingerprint density at radius 3 is 2.83 bits per heavy atom. The van der Waals surface area contributed by atoms with E-state index in [1.54, 1.807) is 18.2 Å². The van der Waals surface area contributed by atoms with Gasteiger partial charge in [0.25, 0.3) is 0 Å². The largest absolute Gasteiger partial charge is 0.465 e. The van der Waals surface area contributed by atoms with E-state index in [1.807, 2.05) is 7.05 Å². The van der Waals surface area contributed by atoms with Crippen molar-refractivity contribution < 1.29 is 9.53 Å². The van der Waals surface area contributed by atoms with Crippen LogP contribution in [0.1, 0.15) is 17.3 Å². The molecule has 100 valence electrons. The van der Waals surface area contributed by atoms with Gasteiger partial charge >= 0.3 is 5.97 Å². The number of esters is 1. The maximum atomic E-state index is 11.6. The number of nitrogens with zero attached hydrogens (tertiary/aromatic N) is 1. The number of nitrogens with two attached hydrogens (primary N) is 1. The van der Waals surface area contributed by atoms with Crippen LogP contribution in [-0.4, -0.2) is 44.7 Å². The van der Waals surface area contributed by atoms with E-state index in [2.05, 4.69) is 17.1 Å². The first-order chi connectivity index (χ1) is 8.60. The summed E-state index contributed by atoms with van der Waals surface area (Å²) in [6.45, 7) is 4.68. The zero-order valence-corrected chi connectivity index (χ0v) is 11.2. The molecule has 0 spiro atoms. The van der Waals surface area contributed by atoms with Gasteiger partial charge in [0.15, 0.2) is 0 Å². The van der Waals surface area contributed by atoms with Gasteiger partial charge in [-0.3, -0.25) is 0 Å². The molecule has 0 heterocycles. The third kappa shape index (κ3) is 3.63. The van der Waals surface area contributed by atoms with Crippen LogP contribution in [0.2, 0.25) is 0 Å². The van der Waals surface area contributed by atoms with Gasteiger partial charge in [-0.15, -0.1) is 0 Å². The Morgan fingerprint density at radius 1 is 1.50 bits per heavy atom. The van der Waals surface area contributed by atoms with Gasteiger partial charge < -0.3 is 20.7 Å². The SMILES string of the molecule is CCN(C)CCNc1c(N)cccc1C(=O)OC. The molecule has 1 rings (SSSR count). The maximum Gasteiger partial charge on any atom is 0.340 e. The average Bonchev–Trinajstić information content (AvgIpc) is 2.39. The Kier molecular flexibility index (Phi) is 5.45. The highest BCUT2D eigenvalue weighted by Crippen LogP contribution is 2.23. The van der Waals surface area contributed by atoms with Gasteiger partial charge in [-0.2, -0.15) is 0 Å². The fourth-order valence-corrected chi connectivity index (χ4v) is 1.58. The maximum absolute atomic E-state index is 11.6. The molecule has 0 aliphatic carbocycles. The van der Waals surface area contributed by atoms with Crippen LogP contribution < -0.4 is 11.1 Å². The summed E-state index contributed by atoms with van der Waals surface area (Å²) >= 11 is 0. The Morgan fingerprint density at radius 2 is 2.22 bits per heavy atom. The summed E-state index contributed by atoms with van der Waals surface area (Å²) in [4.78, 5) is 13.8. The minimum Gasteiger partial charge on any atom is -0.465 e. The van der Waals surface area contributed by atoms with Crippen LogP contribution in [0.25, 0.3) is 0 Å². The van der Waals surface area contributed by atoms with Crippen molar-refractivity contribution in [2.75, 3.05) is 44.8 Å². The van der Waals surface area contributed by atoms with Crippen LogP contribution in [0.4, 0.5) is 11.4 Å². The number of carbonyl (C=O) groups excluding carboxylic acids is 1. The molecule has 0 fully saturated rings. The average molecular weight is 251 g/mol. The molecule has 0 aliphatic rings. The molecule has 5 nitrogen and oxygen atoms in total. The Balaban J connectivity index is 2.77. The molecule has 0 saturated heterocycles. The van der Waals surface area contributed by atoms with Crippen molar-refractivity contribution in [3.05, 3.63) is 23.8 Å². The minimum absolute atomic E-state index is 0.381. The Hall–Kier alpha value is -1.75. The zero-order valence-electron chi connectivity index (χ0n) is 11.2. The number of methoxy groups -OCH3 is 1. The normalized spacial score (nSPS) is 10.4. The first-order valence-electron chi connectivity index (χ1n) is 5.99. The minimum atomic E-state index is -0.381. The van der Waals surface area contributed by atoms with E-state index in [0.717, 1.165) is 19.6 Å². The fraction of sp³-hybridized carbons (Fsp3) is 0.462. The molecule has 0 amide bonds. The highest BCUT2D eigenvalue weighted by molar-refractivity contribution is 5.98. The van der Waals surface area contributed by atoms with Crippen LogP contribution in [0, 0.1) is 0 Å². The second kappa shape index (κ2) is 6.86. The lowest BCUT2D eigenvalue weighted by atomic mass is 10.1. The van der Waals surface area contributed by atoms with Crippen molar-refractivity contribution in [2.24, 2.45) is 0 Å². The number of carbonyl (C=O) groups is 1. The van der Waals surface area contributed by atoms with E-state index >= 15 is 0 Å². The first-order valence-corrected chi connectivity index (χ1v) is 5.99. The number of benzene rings is 1. The molecule has 0 saturated carbocycles.